The fraction of sp³-hybridized carbons (Fsp3) is 0.875. The predicted molar refractivity (Wildman–Crippen MR) is 53.1 cm³/mol. The van der Waals surface area contributed by atoms with Crippen molar-refractivity contribution in [1.29, 1.82) is 5.26 Å². The second kappa shape index (κ2) is 7.74. The minimum Gasteiger partial charge on any atom is -0.385 e. The summed E-state index contributed by atoms with van der Waals surface area (Å²) < 4.78 is 29.1. The van der Waals surface area contributed by atoms with E-state index in [4.69, 9.17) is 10.00 Å². The van der Waals surface area contributed by atoms with Gasteiger partial charge in [0, 0.05) is 20.3 Å². The van der Waals surface area contributed by atoms with Crippen molar-refractivity contribution in [2.24, 2.45) is 0 Å². The fourth-order valence-corrected chi connectivity index (χ4v) is 1.64. The summed E-state index contributed by atoms with van der Waals surface area (Å²) in [4.78, 5) is 0. The lowest BCUT2D eigenvalue weighted by molar-refractivity contribution is 0.192. The van der Waals surface area contributed by atoms with E-state index in [1.165, 1.54) is 0 Å². The Hall–Kier alpha value is -0.640. The summed E-state index contributed by atoms with van der Waals surface area (Å²) in [5.41, 5.74) is 0. The van der Waals surface area contributed by atoms with Crippen LogP contribution in [-0.2, 0) is 14.8 Å². The lowest BCUT2D eigenvalue weighted by atomic mass is 10.2. The van der Waals surface area contributed by atoms with Crippen molar-refractivity contribution in [2.75, 3.05) is 26.0 Å². The molecular formula is C8H16N2O3S. The Bertz CT molecular complexity index is 269. The molecule has 0 aliphatic carbocycles. The molecule has 0 unspecified atom stereocenters. The topological polar surface area (TPSA) is 79.2 Å². The Morgan fingerprint density at radius 3 is 2.64 bits per heavy atom. The van der Waals surface area contributed by atoms with Crippen molar-refractivity contribution in [1.82, 2.24) is 4.72 Å². The molecule has 0 aromatic carbocycles. The van der Waals surface area contributed by atoms with Crippen molar-refractivity contribution >= 4 is 10.0 Å². The number of nitrogens with one attached hydrogen (secondary N) is 1. The molecule has 0 aromatic heterocycles. The number of sulfonamides is 1. The van der Waals surface area contributed by atoms with E-state index >= 15 is 0 Å². The number of ether oxygens (including phenoxy) is 1. The zero-order chi connectivity index (χ0) is 10.9. The highest BCUT2D eigenvalue weighted by Crippen LogP contribution is 1.94. The Labute approximate surface area is 85.1 Å². The van der Waals surface area contributed by atoms with Crippen molar-refractivity contribution in [3.05, 3.63) is 0 Å². The lowest BCUT2D eigenvalue weighted by Gasteiger charge is -2.02. The Morgan fingerprint density at radius 2 is 2.07 bits per heavy atom. The first-order valence-electron chi connectivity index (χ1n) is 4.45. The summed E-state index contributed by atoms with van der Waals surface area (Å²) in [5, 5.41) is 8.19. The van der Waals surface area contributed by atoms with E-state index in [1.807, 2.05) is 0 Å². The van der Waals surface area contributed by atoms with Crippen LogP contribution < -0.4 is 4.72 Å². The highest BCUT2D eigenvalue weighted by atomic mass is 32.2. The Kier molecular flexibility index (Phi) is 7.38. The van der Waals surface area contributed by atoms with Crippen LogP contribution in [0.25, 0.3) is 0 Å². The van der Waals surface area contributed by atoms with Crippen LogP contribution in [0.4, 0.5) is 0 Å². The van der Waals surface area contributed by atoms with Crippen molar-refractivity contribution < 1.29 is 13.2 Å². The van der Waals surface area contributed by atoms with E-state index in [0.717, 1.165) is 19.3 Å². The molecule has 0 spiro atoms. The minimum atomic E-state index is -3.37. The van der Waals surface area contributed by atoms with Gasteiger partial charge in [0.2, 0.25) is 10.0 Å². The molecule has 0 fully saturated rings. The Morgan fingerprint density at radius 1 is 1.36 bits per heavy atom. The molecule has 0 aliphatic rings. The van der Waals surface area contributed by atoms with Gasteiger partial charge in [-0.05, 0) is 19.3 Å². The first-order valence-corrected chi connectivity index (χ1v) is 6.11. The molecule has 0 radical (unpaired) electrons. The minimum absolute atomic E-state index is 0.397. The number of nitrogens with zero attached hydrogens (tertiary/aromatic N) is 1. The van der Waals surface area contributed by atoms with E-state index in [-0.39, 0.29) is 0 Å². The van der Waals surface area contributed by atoms with E-state index in [1.54, 1.807) is 13.2 Å². The molecule has 0 saturated heterocycles. The highest BCUT2D eigenvalue weighted by molar-refractivity contribution is 7.89. The van der Waals surface area contributed by atoms with Crippen LogP contribution >= 0.6 is 0 Å². The normalized spacial score (nSPS) is 11.1. The monoisotopic (exact) mass is 220 g/mol. The van der Waals surface area contributed by atoms with E-state index in [0.29, 0.717) is 13.2 Å². The molecule has 1 N–H and O–H groups in total. The summed E-state index contributed by atoms with van der Waals surface area (Å²) in [6, 6.07) is 1.60. The smallest absolute Gasteiger partial charge is 0.225 e. The standard InChI is InChI=1S/C8H16N2O3S/c1-13-7-4-2-3-6-10-14(11,12)8-5-9/h10H,2-4,6-8H2,1H3. The van der Waals surface area contributed by atoms with Crippen LogP contribution in [0.15, 0.2) is 0 Å². The number of rotatable bonds is 8. The maximum absolute atomic E-state index is 11.0. The maximum atomic E-state index is 11.0. The van der Waals surface area contributed by atoms with Gasteiger partial charge in [-0.1, -0.05) is 0 Å². The van der Waals surface area contributed by atoms with Crippen LogP contribution in [0.2, 0.25) is 0 Å². The molecule has 0 aromatic rings. The fourth-order valence-electron chi connectivity index (χ4n) is 0.912. The third-order valence-electron chi connectivity index (χ3n) is 1.60. The van der Waals surface area contributed by atoms with Crippen LogP contribution in [0, 0.1) is 11.3 Å². The zero-order valence-electron chi connectivity index (χ0n) is 8.32. The van der Waals surface area contributed by atoms with Crippen LogP contribution in [0.1, 0.15) is 19.3 Å². The SMILES string of the molecule is COCCCCCNS(=O)(=O)CC#N. The van der Waals surface area contributed by atoms with Gasteiger partial charge in [0.1, 0.15) is 0 Å². The third-order valence-corrected chi connectivity index (χ3v) is 2.75. The number of nitriles is 1. The summed E-state index contributed by atoms with van der Waals surface area (Å²) in [5.74, 6) is -0.467. The van der Waals surface area contributed by atoms with Gasteiger partial charge in [-0.3, -0.25) is 0 Å². The van der Waals surface area contributed by atoms with Crippen LogP contribution in [0.3, 0.4) is 0 Å². The van der Waals surface area contributed by atoms with Crippen molar-refractivity contribution in [3.63, 3.8) is 0 Å². The molecule has 0 amide bonds. The molecular weight excluding hydrogens is 204 g/mol. The van der Waals surface area contributed by atoms with Gasteiger partial charge >= 0.3 is 0 Å². The molecule has 0 bridgehead atoms. The largest absolute Gasteiger partial charge is 0.385 e. The molecule has 0 heterocycles. The number of hydrogen-bond donors (Lipinski definition) is 1. The van der Waals surface area contributed by atoms with Gasteiger partial charge in [-0.2, -0.15) is 5.26 Å². The van der Waals surface area contributed by atoms with Crippen molar-refractivity contribution in [3.8, 4) is 6.07 Å². The summed E-state index contributed by atoms with van der Waals surface area (Å²) in [6.45, 7) is 1.10. The van der Waals surface area contributed by atoms with Gasteiger partial charge in [-0.25, -0.2) is 13.1 Å². The first-order chi connectivity index (χ1) is 6.62. The molecule has 5 nitrogen and oxygen atoms in total. The number of hydrogen-bond acceptors (Lipinski definition) is 4. The number of methoxy groups -OCH3 is 1. The number of unbranched alkanes of at least 4 members (excludes halogenated alkanes) is 2. The molecule has 14 heavy (non-hydrogen) atoms. The molecule has 0 rings (SSSR count). The molecule has 0 atom stereocenters. The van der Waals surface area contributed by atoms with Gasteiger partial charge in [-0.15, -0.1) is 0 Å². The molecule has 0 aliphatic heterocycles. The second-order valence-corrected chi connectivity index (χ2v) is 4.67. The highest BCUT2D eigenvalue weighted by Gasteiger charge is 2.06. The lowest BCUT2D eigenvalue weighted by Crippen LogP contribution is -2.26. The molecule has 82 valence electrons. The van der Waals surface area contributed by atoms with Crippen LogP contribution in [0.5, 0.6) is 0 Å². The molecule has 0 saturated carbocycles. The van der Waals surface area contributed by atoms with Gasteiger partial charge in [0.15, 0.2) is 5.75 Å². The average Bonchev–Trinajstić information content (AvgIpc) is 2.11. The first kappa shape index (κ1) is 13.4. The summed E-state index contributed by atoms with van der Waals surface area (Å²) in [6.07, 6.45) is 2.62. The Balaban J connectivity index is 3.41. The maximum Gasteiger partial charge on any atom is 0.225 e. The van der Waals surface area contributed by atoms with E-state index < -0.39 is 15.8 Å². The van der Waals surface area contributed by atoms with Crippen molar-refractivity contribution in [2.45, 2.75) is 19.3 Å². The second-order valence-electron chi connectivity index (χ2n) is 2.86. The van der Waals surface area contributed by atoms with Gasteiger partial charge < -0.3 is 4.74 Å². The average molecular weight is 220 g/mol. The quantitative estimate of drug-likeness (QED) is 0.594. The van der Waals surface area contributed by atoms with Crippen LogP contribution in [-0.4, -0.2) is 34.4 Å². The van der Waals surface area contributed by atoms with Gasteiger partial charge in [0.25, 0.3) is 0 Å². The summed E-state index contributed by atoms with van der Waals surface area (Å²) in [7, 11) is -1.73. The zero-order valence-corrected chi connectivity index (χ0v) is 9.14. The van der Waals surface area contributed by atoms with E-state index in [9.17, 15) is 8.42 Å². The third kappa shape index (κ3) is 7.98. The van der Waals surface area contributed by atoms with Gasteiger partial charge in [0.05, 0.1) is 6.07 Å². The molecule has 6 heteroatoms. The predicted octanol–water partition coefficient (Wildman–Crippen LogP) is 0.246. The van der Waals surface area contributed by atoms with E-state index in [2.05, 4.69) is 4.72 Å². The summed E-state index contributed by atoms with van der Waals surface area (Å²) >= 11 is 0.